The highest BCUT2D eigenvalue weighted by molar-refractivity contribution is 7.10. The Bertz CT molecular complexity index is 593. The van der Waals surface area contributed by atoms with E-state index in [4.69, 9.17) is 4.74 Å². The van der Waals surface area contributed by atoms with Gasteiger partial charge < -0.3 is 9.64 Å². The minimum absolute atomic E-state index is 0.0550. The van der Waals surface area contributed by atoms with Crippen LogP contribution in [0.25, 0.3) is 0 Å². The molecule has 1 aliphatic heterocycles. The summed E-state index contributed by atoms with van der Waals surface area (Å²) in [7, 11) is 0. The Morgan fingerprint density at radius 3 is 3.04 bits per heavy atom. The molecule has 4 nitrogen and oxygen atoms in total. The quantitative estimate of drug-likeness (QED) is 0.613. The number of rotatable bonds is 5. The minimum atomic E-state index is -0.249. The van der Waals surface area contributed by atoms with Gasteiger partial charge in [0.05, 0.1) is 13.0 Å². The van der Waals surface area contributed by atoms with Crippen LogP contribution in [0, 0.1) is 5.92 Å². The van der Waals surface area contributed by atoms with E-state index in [0.717, 1.165) is 32.2 Å². The van der Waals surface area contributed by atoms with E-state index in [2.05, 4.69) is 23.6 Å². The van der Waals surface area contributed by atoms with E-state index in [9.17, 15) is 9.59 Å². The molecule has 1 aromatic heterocycles. The lowest BCUT2D eigenvalue weighted by Crippen LogP contribution is -2.35. The third-order valence-electron chi connectivity index (χ3n) is 4.56. The monoisotopic (exact) mass is 333 g/mol. The maximum Gasteiger partial charge on any atom is 0.306 e. The molecule has 2 aliphatic rings. The Hall–Kier alpha value is -1.62. The zero-order valence-electron chi connectivity index (χ0n) is 13.3. The molecule has 23 heavy (non-hydrogen) atoms. The number of hydrogen-bond donors (Lipinski definition) is 0. The Morgan fingerprint density at radius 2 is 2.22 bits per heavy atom. The van der Waals surface area contributed by atoms with Gasteiger partial charge in [-0.2, -0.15) is 0 Å². The average Bonchev–Trinajstić information content (AvgIpc) is 3.06. The van der Waals surface area contributed by atoms with E-state index in [0.29, 0.717) is 19.1 Å². The lowest BCUT2D eigenvalue weighted by Gasteiger charge is -2.27. The molecule has 1 aliphatic carbocycles. The number of ether oxygens (including phenoxy) is 1. The van der Waals surface area contributed by atoms with Crippen molar-refractivity contribution in [3.8, 4) is 0 Å². The van der Waals surface area contributed by atoms with Crippen LogP contribution in [0.15, 0.2) is 23.6 Å². The van der Waals surface area contributed by atoms with Crippen molar-refractivity contribution >= 4 is 23.2 Å². The molecule has 0 spiro atoms. The summed E-state index contributed by atoms with van der Waals surface area (Å²) >= 11 is 1.76. The molecule has 0 N–H and O–H groups in total. The van der Waals surface area contributed by atoms with E-state index in [1.807, 2.05) is 4.90 Å². The lowest BCUT2D eigenvalue weighted by molar-refractivity contribution is -0.147. The Morgan fingerprint density at radius 1 is 1.30 bits per heavy atom. The highest BCUT2D eigenvalue weighted by Gasteiger charge is 2.22. The van der Waals surface area contributed by atoms with Crippen LogP contribution in [0.4, 0.5) is 0 Å². The van der Waals surface area contributed by atoms with Crippen molar-refractivity contribution in [1.82, 2.24) is 4.90 Å². The maximum atomic E-state index is 12.3. The summed E-state index contributed by atoms with van der Waals surface area (Å²) in [6.07, 6.45) is 8.84. The van der Waals surface area contributed by atoms with Gasteiger partial charge >= 0.3 is 5.97 Å². The highest BCUT2D eigenvalue weighted by atomic mass is 32.1. The van der Waals surface area contributed by atoms with Crippen molar-refractivity contribution in [3.63, 3.8) is 0 Å². The van der Waals surface area contributed by atoms with Crippen molar-refractivity contribution in [2.24, 2.45) is 5.92 Å². The maximum absolute atomic E-state index is 12.3. The topological polar surface area (TPSA) is 46.6 Å². The first-order chi connectivity index (χ1) is 11.2. The van der Waals surface area contributed by atoms with Gasteiger partial charge in [0, 0.05) is 24.4 Å². The van der Waals surface area contributed by atoms with Crippen LogP contribution in [0.5, 0.6) is 0 Å². The second-order valence-corrected chi connectivity index (χ2v) is 7.27. The molecule has 0 aromatic carbocycles. The van der Waals surface area contributed by atoms with E-state index >= 15 is 0 Å². The summed E-state index contributed by atoms with van der Waals surface area (Å²) in [4.78, 5) is 27.3. The SMILES string of the molecule is O=C(CCC(=O)N1CCc2sccc2C1)OCC1CC=CCC1. The average molecular weight is 333 g/mol. The summed E-state index contributed by atoms with van der Waals surface area (Å²) in [5.74, 6) is 0.249. The second-order valence-electron chi connectivity index (χ2n) is 6.27. The van der Waals surface area contributed by atoms with Crippen molar-refractivity contribution in [1.29, 1.82) is 0 Å². The van der Waals surface area contributed by atoms with E-state index in [1.165, 1.54) is 10.4 Å². The first-order valence-electron chi connectivity index (χ1n) is 8.36. The number of carbonyl (C=O) groups excluding carboxylic acids is 2. The fourth-order valence-electron chi connectivity index (χ4n) is 3.12. The number of esters is 1. The largest absolute Gasteiger partial charge is 0.465 e. The van der Waals surface area contributed by atoms with Gasteiger partial charge in [-0.05, 0) is 48.6 Å². The number of allylic oxidation sites excluding steroid dienone is 2. The summed E-state index contributed by atoms with van der Waals surface area (Å²) < 4.78 is 5.32. The van der Waals surface area contributed by atoms with Crippen molar-refractivity contribution in [2.45, 2.75) is 45.1 Å². The van der Waals surface area contributed by atoms with Gasteiger partial charge in [-0.15, -0.1) is 11.3 Å². The van der Waals surface area contributed by atoms with Crippen LogP contribution in [0.1, 0.15) is 42.5 Å². The normalized spacial score (nSPS) is 20.2. The molecule has 5 heteroatoms. The van der Waals surface area contributed by atoms with Gasteiger partial charge in [0.25, 0.3) is 0 Å². The van der Waals surface area contributed by atoms with Crippen molar-refractivity contribution < 1.29 is 14.3 Å². The third-order valence-corrected chi connectivity index (χ3v) is 5.58. The number of hydrogen-bond acceptors (Lipinski definition) is 4. The molecule has 0 fully saturated rings. The molecule has 124 valence electrons. The van der Waals surface area contributed by atoms with Gasteiger partial charge in [-0.1, -0.05) is 12.2 Å². The number of nitrogens with zero attached hydrogens (tertiary/aromatic N) is 1. The van der Waals surface area contributed by atoms with Crippen LogP contribution >= 0.6 is 11.3 Å². The molecule has 0 bridgehead atoms. The van der Waals surface area contributed by atoms with Crippen molar-refractivity contribution in [3.05, 3.63) is 34.0 Å². The van der Waals surface area contributed by atoms with Gasteiger partial charge in [-0.25, -0.2) is 0 Å². The first-order valence-corrected chi connectivity index (χ1v) is 9.24. The molecule has 1 unspecified atom stereocenters. The molecule has 2 heterocycles. The summed E-state index contributed by atoms with van der Waals surface area (Å²) in [6.45, 7) is 1.93. The fraction of sp³-hybridized carbons (Fsp3) is 0.556. The van der Waals surface area contributed by atoms with Crippen LogP contribution in [-0.2, 0) is 27.3 Å². The van der Waals surface area contributed by atoms with Crippen LogP contribution in [0.2, 0.25) is 0 Å². The fourth-order valence-corrected chi connectivity index (χ4v) is 4.01. The molecule has 0 saturated carbocycles. The number of carbonyl (C=O) groups is 2. The zero-order valence-corrected chi connectivity index (χ0v) is 14.1. The smallest absolute Gasteiger partial charge is 0.306 e. The second kappa shape index (κ2) is 7.77. The minimum Gasteiger partial charge on any atom is -0.465 e. The third kappa shape index (κ3) is 4.44. The Kier molecular flexibility index (Phi) is 5.49. The molecular weight excluding hydrogens is 310 g/mol. The van der Waals surface area contributed by atoms with Gasteiger partial charge in [-0.3, -0.25) is 9.59 Å². The highest BCUT2D eigenvalue weighted by Crippen LogP contribution is 2.24. The number of thiophene rings is 1. The van der Waals surface area contributed by atoms with Crippen molar-refractivity contribution in [2.75, 3.05) is 13.2 Å². The lowest BCUT2D eigenvalue weighted by atomic mass is 9.95. The first kappa shape index (κ1) is 16.2. The van der Waals surface area contributed by atoms with Crippen LogP contribution in [0.3, 0.4) is 0 Å². The zero-order chi connectivity index (χ0) is 16.1. The van der Waals surface area contributed by atoms with E-state index in [-0.39, 0.29) is 24.7 Å². The molecule has 3 rings (SSSR count). The predicted octanol–water partition coefficient (Wildman–Crippen LogP) is 3.31. The van der Waals surface area contributed by atoms with E-state index < -0.39 is 0 Å². The summed E-state index contributed by atoms with van der Waals surface area (Å²) in [6, 6.07) is 2.09. The summed E-state index contributed by atoms with van der Waals surface area (Å²) in [5.41, 5.74) is 1.25. The molecule has 0 saturated heterocycles. The van der Waals surface area contributed by atoms with Crippen LogP contribution in [-0.4, -0.2) is 29.9 Å². The number of amides is 1. The summed E-state index contributed by atoms with van der Waals surface area (Å²) in [5, 5.41) is 2.08. The predicted molar refractivity (Wildman–Crippen MR) is 90.1 cm³/mol. The van der Waals surface area contributed by atoms with Gasteiger partial charge in [0.2, 0.25) is 5.91 Å². The standard InChI is InChI=1S/C18H23NO3S/c20-17(19-10-8-16-15(12-19)9-11-23-16)6-7-18(21)22-13-14-4-2-1-3-5-14/h1-2,9,11,14H,3-8,10,12-13H2. The Labute approximate surface area is 141 Å². The molecular formula is C18H23NO3S. The molecule has 1 aromatic rings. The Balaban J connectivity index is 1.37. The molecule has 1 atom stereocenters. The van der Waals surface area contributed by atoms with E-state index in [1.54, 1.807) is 11.3 Å². The molecule has 0 radical (unpaired) electrons. The van der Waals surface area contributed by atoms with Crippen LogP contribution < -0.4 is 0 Å². The number of fused-ring (bicyclic) bond motifs is 1. The molecule has 1 amide bonds. The van der Waals surface area contributed by atoms with Gasteiger partial charge in [0.1, 0.15) is 0 Å². The van der Waals surface area contributed by atoms with Gasteiger partial charge in [0.15, 0.2) is 0 Å².